The Labute approximate surface area is 83.5 Å². The number of carbonyl (C=O) groups excluding carboxylic acids is 1. The van der Waals surface area contributed by atoms with E-state index in [9.17, 15) is 9.36 Å². The zero-order valence-electron chi connectivity index (χ0n) is 8.46. The Hall–Kier alpha value is 0.0100. The number of rotatable bonds is 5. The molecular weight excluding hydrogens is 207 g/mol. The van der Waals surface area contributed by atoms with Gasteiger partial charge >= 0.3 is 0 Å². The van der Waals surface area contributed by atoms with Crippen LogP contribution in [0.25, 0.3) is 0 Å². The topological polar surface area (TPSA) is 58.2 Å². The molecule has 0 heterocycles. The molecule has 2 unspecified atom stereocenters. The van der Waals surface area contributed by atoms with E-state index in [1.165, 1.54) is 18.3 Å². The van der Waals surface area contributed by atoms with Crippen LogP contribution in [0.1, 0.15) is 27.2 Å². The van der Waals surface area contributed by atoms with Crippen LogP contribution in [-0.4, -0.2) is 18.2 Å². The average Bonchev–Trinajstić information content (AvgIpc) is 2.02. The lowest BCUT2D eigenvalue weighted by atomic mass is 10.4. The molecule has 0 aliphatic rings. The van der Waals surface area contributed by atoms with E-state index in [1.807, 2.05) is 13.8 Å². The van der Waals surface area contributed by atoms with E-state index in [1.54, 1.807) is 7.05 Å². The predicted molar refractivity (Wildman–Crippen MR) is 57.8 cm³/mol. The van der Waals surface area contributed by atoms with Crippen molar-refractivity contribution in [3.63, 3.8) is 0 Å². The molecule has 0 aliphatic heterocycles. The van der Waals surface area contributed by atoms with E-state index in [2.05, 4.69) is 10.2 Å². The Morgan fingerprint density at radius 2 is 2.15 bits per heavy atom. The first-order valence-corrected chi connectivity index (χ1v) is 7.39. The van der Waals surface area contributed by atoms with Crippen LogP contribution in [0.4, 0.5) is 0 Å². The van der Waals surface area contributed by atoms with E-state index in [0.717, 1.165) is 6.42 Å². The van der Waals surface area contributed by atoms with Crippen molar-refractivity contribution in [1.29, 1.82) is 0 Å². The number of nitrogens with one attached hydrogen (secondary N) is 2. The molecule has 0 aliphatic carbocycles. The molecule has 0 rings (SSSR count). The van der Waals surface area contributed by atoms with Crippen LogP contribution in [0.15, 0.2) is 0 Å². The van der Waals surface area contributed by atoms with Crippen LogP contribution in [0, 0.1) is 0 Å². The van der Waals surface area contributed by atoms with Crippen molar-refractivity contribution in [2.24, 2.45) is 0 Å². The summed E-state index contributed by atoms with van der Waals surface area (Å²) in [6.45, 7) is 2.60. The lowest BCUT2D eigenvalue weighted by Gasteiger charge is -2.19. The molecule has 0 bridgehead atoms. The first-order valence-electron chi connectivity index (χ1n) is 4.19. The summed E-state index contributed by atoms with van der Waals surface area (Å²) < 4.78 is 11.9. The summed E-state index contributed by atoms with van der Waals surface area (Å²) in [6, 6.07) is 0. The van der Waals surface area contributed by atoms with Crippen molar-refractivity contribution < 1.29 is 9.36 Å². The lowest BCUT2D eigenvalue weighted by molar-refractivity contribution is -0.117. The van der Waals surface area contributed by atoms with Gasteiger partial charge in [0.1, 0.15) is 0 Å². The summed E-state index contributed by atoms with van der Waals surface area (Å²) in [5.74, 6) is -0.270. The molecular formula is C7H17N2O2PS. The zero-order chi connectivity index (χ0) is 10.5. The SMILES string of the molecule is CCC(C)SP(=O)(NC)NC(C)=O. The Balaban J connectivity index is 4.28. The fourth-order valence-corrected chi connectivity index (χ4v) is 4.84. The van der Waals surface area contributed by atoms with E-state index in [4.69, 9.17) is 0 Å². The van der Waals surface area contributed by atoms with Gasteiger partial charge in [0.05, 0.1) is 0 Å². The molecule has 0 aromatic carbocycles. The molecule has 0 spiro atoms. The monoisotopic (exact) mass is 224 g/mol. The molecule has 0 radical (unpaired) electrons. The Morgan fingerprint density at radius 3 is 2.46 bits per heavy atom. The second kappa shape index (κ2) is 5.68. The van der Waals surface area contributed by atoms with Crippen molar-refractivity contribution in [2.75, 3.05) is 7.05 Å². The van der Waals surface area contributed by atoms with Gasteiger partial charge in [-0.05, 0) is 13.5 Å². The highest BCUT2D eigenvalue weighted by Gasteiger charge is 2.23. The molecule has 4 nitrogen and oxygen atoms in total. The molecule has 1 amide bonds. The van der Waals surface area contributed by atoms with Gasteiger partial charge in [-0.3, -0.25) is 14.4 Å². The van der Waals surface area contributed by atoms with Gasteiger partial charge in [0.2, 0.25) is 5.91 Å². The normalized spacial score (nSPS) is 17.5. The van der Waals surface area contributed by atoms with Gasteiger partial charge in [-0.2, -0.15) is 0 Å². The van der Waals surface area contributed by atoms with Crippen LogP contribution < -0.4 is 10.2 Å². The van der Waals surface area contributed by atoms with Crippen molar-refractivity contribution in [2.45, 2.75) is 32.4 Å². The van der Waals surface area contributed by atoms with Gasteiger partial charge in [0.25, 0.3) is 6.65 Å². The minimum absolute atomic E-state index is 0.269. The highest BCUT2D eigenvalue weighted by atomic mass is 32.7. The summed E-state index contributed by atoms with van der Waals surface area (Å²) in [5.41, 5.74) is 0. The highest BCUT2D eigenvalue weighted by Crippen LogP contribution is 2.53. The summed E-state index contributed by atoms with van der Waals surface area (Å²) in [5, 5.41) is 5.37. The van der Waals surface area contributed by atoms with Gasteiger partial charge in [0.15, 0.2) is 0 Å². The molecule has 0 fully saturated rings. The summed E-state index contributed by atoms with van der Waals surface area (Å²) in [4.78, 5) is 10.8. The molecule has 0 aromatic rings. The van der Waals surface area contributed by atoms with Gasteiger partial charge < -0.3 is 0 Å². The second-order valence-electron chi connectivity index (χ2n) is 2.77. The van der Waals surface area contributed by atoms with Crippen LogP contribution in [0.3, 0.4) is 0 Å². The predicted octanol–water partition coefficient (Wildman–Crippen LogP) is 1.98. The maximum absolute atomic E-state index is 11.9. The van der Waals surface area contributed by atoms with E-state index >= 15 is 0 Å². The van der Waals surface area contributed by atoms with Crippen LogP contribution >= 0.6 is 18.0 Å². The Bertz CT molecular complexity index is 223. The largest absolute Gasteiger partial charge is 0.292 e. The molecule has 0 aromatic heterocycles. The first kappa shape index (κ1) is 13.0. The number of hydrogen-bond acceptors (Lipinski definition) is 3. The third-order valence-corrected chi connectivity index (χ3v) is 6.48. The van der Waals surface area contributed by atoms with Gasteiger partial charge in [-0.1, -0.05) is 25.2 Å². The summed E-state index contributed by atoms with van der Waals surface area (Å²) >= 11 is 1.29. The van der Waals surface area contributed by atoms with Gasteiger partial charge in [0, 0.05) is 12.2 Å². The Morgan fingerprint density at radius 1 is 1.62 bits per heavy atom. The number of hydrogen-bond donors (Lipinski definition) is 2. The van der Waals surface area contributed by atoms with Crippen molar-refractivity contribution in [3.8, 4) is 0 Å². The molecule has 0 saturated heterocycles. The van der Waals surface area contributed by atoms with Crippen molar-refractivity contribution in [3.05, 3.63) is 0 Å². The van der Waals surface area contributed by atoms with Gasteiger partial charge in [-0.25, -0.2) is 5.09 Å². The smallest absolute Gasteiger partial charge is 0.287 e. The first-order chi connectivity index (χ1) is 5.93. The maximum Gasteiger partial charge on any atom is 0.292 e. The maximum atomic E-state index is 11.9. The molecule has 6 heteroatoms. The fourth-order valence-electron chi connectivity index (χ4n) is 0.670. The quantitative estimate of drug-likeness (QED) is 0.701. The van der Waals surface area contributed by atoms with Crippen LogP contribution in [-0.2, 0) is 9.36 Å². The average molecular weight is 224 g/mol. The van der Waals surface area contributed by atoms with Crippen molar-refractivity contribution in [1.82, 2.24) is 10.2 Å². The standard InChI is InChI=1S/C7H17N2O2PS/c1-5-6(2)13-12(11,8-4)9-7(3)10/h6H,5H2,1-4H3,(H2,8,9,10,11). The molecule has 2 atom stereocenters. The Kier molecular flexibility index (Phi) is 5.68. The minimum Gasteiger partial charge on any atom is -0.287 e. The van der Waals surface area contributed by atoms with Gasteiger partial charge in [-0.15, -0.1) is 0 Å². The van der Waals surface area contributed by atoms with Crippen LogP contribution in [0.5, 0.6) is 0 Å². The summed E-state index contributed by atoms with van der Waals surface area (Å²) in [7, 11) is 1.59. The van der Waals surface area contributed by atoms with E-state index in [-0.39, 0.29) is 11.2 Å². The molecule has 2 N–H and O–H groups in total. The second-order valence-corrected chi connectivity index (χ2v) is 7.73. The molecule has 78 valence electrons. The number of amides is 1. The molecule has 0 saturated carbocycles. The molecule has 13 heavy (non-hydrogen) atoms. The van der Waals surface area contributed by atoms with Crippen LogP contribution in [0.2, 0.25) is 0 Å². The summed E-state index contributed by atoms with van der Waals surface area (Å²) in [6.07, 6.45) is 0.927. The fraction of sp³-hybridized carbons (Fsp3) is 0.857. The minimum atomic E-state index is -2.76. The zero-order valence-corrected chi connectivity index (χ0v) is 10.2. The lowest BCUT2D eigenvalue weighted by Crippen LogP contribution is -2.22. The highest BCUT2D eigenvalue weighted by molar-refractivity contribution is 8.57. The van der Waals surface area contributed by atoms with E-state index < -0.39 is 6.65 Å². The van der Waals surface area contributed by atoms with E-state index in [0.29, 0.717) is 0 Å². The van der Waals surface area contributed by atoms with Crippen molar-refractivity contribution >= 4 is 23.9 Å². The third-order valence-electron chi connectivity index (χ3n) is 1.50. The number of carbonyl (C=O) groups is 1. The third kappa shape index (κ3) is 5.34.